The van der Waals surface area contributed by atoms with E-state index >= 15 is 0 Å². The fourth-order valence-corrected chi connectivity index (χ4v) is 1.31. The number of primary amides is 1. The highest BCUT2D eigenvalue weighted by Crippen LogP contribution is 2.12. The zero-order valence-electron chi connectivity index (χ0n) is 7.96. The second-order valence-electron chi connectivity index (χ2n) is 2.94. The molecule has 16 heavy (non-hydrogen) atoms. The molecule has 0 aromatic carbocycles. The van der Waals surface area contributed by atoms with Crippen LogP contribution in [0, 0.1) is 0 Å². The van der Waals surface area contributed by atoms with E-state index in [0.29, 0.717) is 5.95 Å². The molecule has 0 saturated carbocycles. The Morgan fingerprint density at radius 2 is 2.00 bits per heavy atom. The van der Waals surface area contributed by atoms with Crippen molar-refractivity contribution in [3.63, 3.8) is 0 Å². The van der Waals surface area contributed by atoms with Gasteiger partial charge in [-0.2, -0.15) is 5.10 Å². The molecule has 0 saturated heterocycles. The molecule has 2 aromatic heterocycles. The standard InChI is InChI=1S/C8H7BrN6O/c9-4-1-12-8(13-2-4)15-3-5(10)6(14-15)7(11)16/h1-3H,10H2,(H2,11,16). The highest BCUT2D eigenvalue weighted by atomic mass is 79.9. The zero-order valence-corrected chi connectivity index (χ0v) is 9.55. The predicted octanol–water partition coefficient (Wildman–Crippen LogP) is 0.106. The van der Waals surface area contributed by atoms with Crippen LogP contribution in [0.15, 0.2) is 23.1 Å². The van der Waals surface area contributed by atoms with Crippen LogP contribution in [0.3, 0.4) is 0 Å². The van der Waals surface area contributed by atoms with Gasteiger partial charge >= 0.3 is 0 Å². The average Bonchev–Trinajstić information content (AvgIpc) is 2.61. The van der Waals surface area contributed by atoms with Gasteiger partial charge in [0.15, 0.2) is 5.69 Å². The number of carbonyl (C=O) groups is 1. The second kappa shape index (κ2) is 3.89. The molecule has 0 bridgehead atoms. The Hall–Kier alpha value is -1.96. The Kier molecular flexibility index (Phi) is 2.57. The van der Waals surface area contributed by atoms with Gasteiger partial charge in [-0.15, -0.1) is 0 Å². The van der Waals surface area contributed by atoms with E-state index in [1.807, 2.05) is 0 Å². The van der Waals surface area contributed by atoms with Gasteiger partial charge in [0.05, 0.1) is 16.4 Å². The van der Waals surface area contributed by atoms with Crippen LogP contribution in [0.4, 0.5) is 5.69 Å². The number of carbonyl (C=O) groups excluding carboxylic acids is 1. The highest BCUT2D eigenvalue weighted by molar-refractivity contribution is 9.10. The Bertz CT molecular complexity index is 534. The molecule has 2 rings (SSSR count). The Balaban J connectivity index is 2.45. The molecule has 0 radical (unpaired) electrons. The van der Waals surface area contributed by atoms with Crippen LogP contribution < -0.4 is 11.5 Å². The first-order chi connectivity index (χ1) is 7.58. The molecule has 0 aliphatic rings. The summed E-state index contributed by atoms with van der Waals surface area (Å²) in [6.07, 6.45) is 4.55. The van der Waals surface area contributed by atoms with Crippen molar-refractivity contribution in [2.75, 3.05) is 5.73 Å². The first kappa shape index (κ1) is 10.6. The second-order valence-corrected chi connectivity index (χ2v) is 3.86. The number of nitrogens with zero attached hydrogens (tertiary/aromatic N) is 4. The van der Waals surface area contributed by atoms with E-state index in [4.69, 9.17) is 11.5 Å². The minimum atomic E-state index is -0.687. The fourth-order valence-electron chi connectivity index (χ4n) is 1.10. The van der Waals surface area contributed by atoms with E-state index in [1.54, 1.807) is 12.4 Å². The third-order valence-electron chi connectivity index (χ3n) is 1.79. The van der Waals surface area contributed by atoms with E-state index in [9.17, 15) is 4.79 Å². The number of aromatic nitrogens is 4. The maximum atomic E-state index is 10.9. The first-order valence-electron chi connectivity index (χ1n) is 4.21. The number of anilines is 1. The summed E-state index contributed by atoms with van der Waals surface area (Å²) in [4.78, 5) is 18.9. The third-order valence-corrected chi connectivity index (χ3v) is 2.20. The minimum absolute atomic E-state index is 0.00604. The van der Waals surface area contributed by atoms with E-state index < -0.39 is 5.91 Å². The van der Waals surface area contributed by atoms with Gasteiger partial charge in [-0.25, -0.2) is 14.6 Å². The summed E-state index contributed by atoms with van der Waals surface area (Å²) in [5, 5.41) is 3.89. The first-order valence-corrected chi connectivity index (χ1v) is 5.00. The van der Waals surface area contributed by atoms with Gasteiger partial charge < -0.3 is 11.5 Å². The summed E-state index contributed by atoms with van der Waals surface area (Å²) < 4.78 is 2.04. The minimum Gasteiger partial charge on any atom is -0.395 e. The summed E-state index contributed by atoms with van der Waals surface area (Å²) in [5.41, 5.74) is 10.8. The van der Waals surface area contributed by atoms with Gasteiger partial charge in [-0.3, -0.25) is 4.79 Å². The summed E-state index contributed by atoms with van der Waals surface area (Å²) in [5.74, 6) is -0.379. The number of nitrogens with two attached hydrogens (primary N) is 2. The number of halogens is 1. The molecule has 0 spiro atoms. The van der Waals surface area contributed by atoms with Gasteiger partial charge in [0.25, 0.3) is 11.9 Å². The molecule has 0 aliphatic carbocycles. The van der Waals surface area contributed by atoms with Gasteiger partial charge in [0.1, 0.15) is 0 Å². The van der Waals surface area contributed by atoms with Crippen LogP contribution in [0.5, 0.6) is 0 Å². The highest BCUT2D eigenvalue weighted by Gasteiger charge is 2.13. The van der Waals surface area contributed by atoms with Crippen molar-refractivity contribution in [3.8, 4) is 5.95 Å². The van der Waals surface area contributed by atoms with Gasteiger partial charge in [-0.1, -0.05) is 0 Å². The SMILES string of the molecule is NC(=O)c1nn(-c2ncc(Br)cn2)cc1N. The molecule has 0 unspecified atom stereocenters. The molecule has 2 aromatic rings. The average molecular weight is 283 g/mol. The quantitative estimate of drug-likeness (QED) is 0.811. The molecule has 7 nitrogen and oxygen atoms in total. The summed E-state index contributed by atoms with van der Waals surface area (Å²) >= 11 is 3.21. The van der Waals surface area contributed by atoms with Crippen molar-refractivity contribution in [1.82, 2.24) is 19.7 Å². The summed E-state index contributed by atoms with van der Waals surface area (Å²) in [6, 6.07) is 0. The van der Waals surface area contributed by atoms with Gasteiger partial charge in [0.2, 0.25) is 0 Å². The van der Waals surface area contributed by atoms with Crippen molar-refractivity contribution < 1.29 is 4.79 Å². The molecule has 0 atom stereocenters. The lowest BCUT2D eigenvalue weighted by Crippen LogP contribution is -2.14. The van der Waals surface area contributed by atoms with E-state index in [1.165, 1.54) is 10.9 Å². The molecule has 4 N–H and O–H groups in total. The van der Waals surface area contributed by atoms with E-state index in [-0.39, 0.29) is 11.4 Å². The van der Waals surface area contributed by atoms with E-state index in [0.717, 1.165) is 4.47 Å². The third kappa shape index (κ3) is 1.87. The molecule has 0 aliphatic heterocycles. The van der Waals surface area contributed by atoms with Crippen molar-refractivity contribution >= 4 is 27.5 Å². The monoisotopic (exact) mass is 282 g/mol. The maximum absolute atomic E-state index is 10.9. The van der Waals surface area contributed by atoms with Crippen LogP contribution in [-0.4, -0.2) is 25.7 Å². The van der Waals surface area contributed by atoms with Crippen LogP contribution in [0.1, 0.15) is 10.5 Å². The Labute approximate surface area is 98.6 Å². The van der Waals surface area contributed by atoms with Crippen molar-refractivity contribution in [2.45, 2.75) is 0 Å². The van der Waals surface area contributed by atoms with E-state index in [2.05, 4.69) is 31.0 Å². The summed E-state index contributed by atoms with van der Waals surface area (Å²) in [6.45, 7) is 0. The largest absolute Gasteiger partial charge is 0.395 e. The van der Waals surface area contributed by atoms with Crippen molar-refractivity contribution in [2.24, 2.45) is 5.73 Å². The Morgan fingerprint density at radius 3 is 2.50 bits per heavy atom. The molecule has 2 heterocycles. The van der Waals surface area contributed by atoms with Crippen molar-refractivity contribution in [3.05, 3.63) is 28.8 Å². The molecular formula is C8H7BrN6O. The molecule has 0 fully saturated rings. The zero-order chi connectivity index (χ0) is 11.7. The van der Waals surface area contributed by atoms with Crippen molar-refractivity contribution in [1.29, 1.82) is 0 Å². The lowest BCUT2D eigenvalue weighted by Gasteiger charge is -1.97. The van der Waals surface area contributed by atoms with Crippen LogP contribution in [0.2, 0.25) is 0 Å². The molecule has 82 valence electrons. The fraction of sp³-hybridized carbons (Fsp3) is 0. The normalized spacial score (nSPS) is 10.3. The molecule has 1 amide bonds. The van der Waals surface area contributed by atoms with Gasteiger partial charge in [0, 0.05) is 12.4 Å². The number of nitrogen functional groups attached to an aromatic ring is 1. The Morgan fingerprint density at radius 1 is 1.38 bits per heavy atom. The van der Waals surface area contributed by atoms with Gasteiger partial charge in [-0.05, 0) is 15.9 Å². The lowest BCUT2D eigenvalue weighted by atomic mass is 10.4. The summed E-state index contributed by atoms with van der Waals surface area (Å²) in [7, 11) is 0. The van der Waals surface area contributed by atoms with Crippen LogP contribution >= 0.6 is 15.9 Å². The number of amides is 1. The number of hydrogen-bond donors (Lipinski definition) is 2. The smallest absolute Gasteiger partial charge is 0.271 e. The maximum Gasteiger partial charge on any atom is 0.271 e. The van der Waals surface area contributed by atoms with Crippen LogP contribution in [-0.2, 0) is 0 Å². The van der Waals surface area contributed by atoms with Crippen LogP contribution in [0.25, 0.3) is 5.95 Å². The lowest BCUT2D eigenvalue weighted by molar-refractivity contribution is 0.0996. The predicted molar refractivity (Wildman–Crippen MR) is 59.8 cm³/mol. The topological polar surface area (TPSA) is 113 Å². The number of rotatable bonds is 2. The number of hydrogen-bond acceptors (Lipinski definition) is 5. The molecular weight excluding hydrogens is 276 g/mol. The molecule has 8 heteroatoms.